The summed E-state index contributed by atoms with van der Waals surface area (Å²) in [6, 6.07) is 17.2. The van der Waals surface area contributed by atoms with Crippen molar-refractivity contribution < 1.29 is 14.3 Å². The molecule has 0 unspecified atom stereocenters. The topological polar surface area (TPSA) is 85.4 Å². The average Bonchev–Trinajstić information content (AvgIpc) is 3.16. The Morgan fingerprint density at radius 3 is 2.71 bits per heavy atom. The molecule has 2 N–H and O–H groups in total. The van der Waals surface area contributed by atoms with E-state index in [1.165, 1.54) is 5.56 Å². The van der Waals surface area contributed by atoms with Gasteiger partial charge in [-0.25, -0.2) is 9.97 Å². The number of aryl methyl sites for hydroxylation is 1. The predicted octanol–water partition coefficient (Wildman–Crippen LogP) is 3.23. The lowest BCUT2D eigenvalue weighted by Crippen LogP contribution is -2.27. The van der Waals surface area contributed by atoms with Crippen LogP contribution in [-0.4, -0.2) is 29.2 Å². The minimum absolute atomic E-state index is 0.215. The minimum Gasteiger partial charge on any atom is -0.454 e. The van der Waals surface area contributed by atoms with Crippen molar-refractivity contribution in [2.45, 2.75) is 13.3 Å². The predicted molar refractivity (Wildman–Crippen MR) is 105 cm³/mol. The summed E-state index contributed by atoms with van der Waals surface area (Å²) < 4.78 is 10.7. The van der Waals surface area contributed by atoms with E-state index >= 15 is 0 Å². The molecule has 7 heteroatoms. The third kappa shape index (κ3) is 4.20. The van der Waals surface area contributed by atoms with Gasteiger partial charge in [0.1, 0.15) is 5.69 Å². The van der Waals surface area contributed by atoms with E-state index in [0.29, 0.717) is 35.4 Å². The number of carbonyl (C=O) groups is 1. The Morgan fingerprint density at radius 2 is 1.86 bits per heavy atom. The fourth-order valence-electron chi connectivity index (χ4n) is 2.90. The SMILES string of the molecule is Cc1cc(C(=O)NCCc2ccccc2)nc(Nc2ccc3c(c2)OCO3)n1. The normalized spacial score (nSPS) is 11.9. The molecule has 1 aromatic heterocycles. The Morgan fingerprint density at radius 1 is 1.04 bits per heavy atom. The molecule has 0 fully saturated rings. The van der Waals surface area contributed by atoms with E-state index in [2.05, 4.69) is 20.6 Å². The Bertz CT molecular complexity index is 992. The summed E-state index contributed by atoms with van der Waals surface area (Å²) in [5.41, 5.74) is 2.95. The molecular weight excluding hydrogens is 356 g/mol. The third-order valence-electron chi connectivity index (χ3n) is 4.26. The van der Waals surface area contributed by atoms with Crippen LogP contribution in [0, 0.1) is 6.92 Å². The summed E-state index contributed by atoms with van der Waals surface area (Å²) >= 11 is 0. The minimum atomic E-state index is -0.227. The number of nitrogens with one attached hydrogen (secondary N) is 2. The molecule has 0 atom stereocenters. The molecule has 0 saturated carbocycles. The maximum absolute atomic E-state index is 12.5. The molecule has 0 aliphatic carbocycles. The van der Waals surface area contributed by atoms with E-state index in [1.807, 2.05) is 55.5 Å². The van der Waals surface area contributed by atoms with E-state index in [0.717, 1.165) is 12.1 Å². The van der Waals surface area contributed by atoms with Gasteiger partial charge in [-0.3, -0.25) is 4.79 Å². The monoisotopic (exact) mass is 376 g/mol. The molecule has 0 spiro atoms. The highest BCUT2D eigenvalue weighted by Gasteiger charge is 2.15. The van der Waals surface area contributed by atoms with Crippen LogP contribution in [-0.2, 0) is 6.42 Å². The molecule has 2 aromatic carbocycles. The second kappa shape index (κ2) is 7.96. The molecule has 1 amide bonds. The molecule has 0 bridgehead atoms. The Balaban J connectivity index is 1.42. The van der Waals surface area contributed by atoms with Crippen molar-refractivity contribution in [1.29, 1.82) is 0 Å². The number of rotatable bonds is 6. The summed E-state index contributed by atoms with van der Waals surface area (Å²) in [5.74, 6) is 1.49. The van der Waals surface area contributed by atoms with E-state index in [9.17, 15) is 4.79 Å². The fraction of sp³-hybridized carbons (Fsp3) is 0.190. The van der Waals surface area contributed by atoms with Crippen LogP contribution in [0.1, 0.15) is 21.7 Å². The first-order valence-electron chi connectivity index (χ1n) is 9.02. The number of hydrogen-bond acceptors (Lipinski definition) is 6. The first-order valence-corrected chi connectivity index (χ1v) is 9.02. The molecule has 7 nitrogen and oxygen atoms in total. The van der Waals surface area contributed by atoms with Crippen LogP contribution in [0.25, 0.3) is 0 Å². The van der Waals surface area contributed by atoms with E-state index in [1.54, 1.807) is 6.07 Å². The van der Waals surface area contributed by atoms with Crippen LogP contribution in [0.4, 0.5) is 11.6 Å². The first kappa shape index (κ1) is 17.8. The molecule has 3 aromatic rings. The second-order valence-corrected chi connectivity index (χ2v) is 6.40. The number of hydrogen-bond donors (Lipinski definition) is 2. The molecule has 2 heterocycles. The van der Waals surface area contributed by atoms with E-state index < -0.39 is 0 Å². The number of carbonyl (C=O) groups excluding carboxylic acids is 1. The van der Waals surface area contributed by atoms with E-state index in [-0.39, 0.29) is 12.7 Å². The summed E-state index contributed by atoms with van der Waals surface area (Å²) in [5, 5.41) is 6.02. The number of ether oxygens (including phenoxy) is 2. The number of benzene rings is 2. The molecule has 4 rings (SSSR count). The molecule has 1 aliphatic heterocycles. The highest BCUT2D eigenvalue weighted by molar-refractivity contribution is 5.92. The zero-order valence-electron chi connectivity index (χ0n) is 15.4. The second-order valence-electron chi connectivity index (χ2n) is 6.40. The quantitative estimate of drug-likeness (QED) is 0.687. The van der Waals surface area contributed by atoms with Gasteiger partial charge in [0.25, 0.3) is 5.91 Å². The number of amides is 1. The third-order valence-corrected chi connectivity index (χ3v) is 4.26. The van der Waals surface area contributed by atoms with Crippen molar-refractivity contribution in [3.8, 4) is 11.5 Å². The molecule has 0 radical (unpaired) electrons. The van der Waals surface area contributed by atoms with Crippen LogP contribution in [0.15, 0.2) is 54.6 Å². The van der Waals surface area contributed by atoms with Crippen LogP contribution in [0.5, 0.6) is 11.5 Å². The van der Waals surface area contributed by atoms with E-state index in [4.69, 9.17) is 9.47 Å². The van der Waals surface area contributed by atoms with Gasteiger partial charge in [0.15, 0.2) is 11.5 Å². The largest absolute Gasteiger partial charge is 0.454 e. The lowest BCUT2D eigenvalue weighted by Gasteiger charge is -2.09. The number of nitrogens with zero attached hydrogens (tertiary/aromatic N) is 2. The number of aromatic nitrogens is 2. The zero-order valence-corrected chi connectivity index (χ0v) is 15.4. The van der Waals surface area contributed by atoms with Crippen LogP contribution in [0.2, 0.25) is 0 Å². The summed E-state index contributed by atoms with van der Waals surface area (Å²) in [6.07, 6.45) is 0.763. The van der Waals surface area contributed by atoms with Gasteiger partial charge in [-0.15, -0.1) is 0 Å². The van der Waals surface area contributed by atoms with Gasteiger partial charge in [-0.2, -0.15) is 0 Å². The van der Waals surface area contributed by atoms with Crippen molar-refractivity contribution in [3.05, 3.63) is 71.5 Å². The van der Waals surface area contributed by atoms with Gasteiger partial charge in [0, 0.05) is 24.0 Å². The fourth-order valence-corrected chi connectivity index (χ4v) is 2.90. The smallest absolute Gasteiger partial charge is 0.270 e. The van der Waals surface area contributed by atoms with Crippen LogP contribution >= 0.6 is 0 Å². The number of anilines is 2. The standard InChI is InChI=1S/C21H20N4O3/c1-14-11-17(20(26)22-10-9-15-5-3-2-4-6-15)25-21(23-14)24-16-7-8-18-19(12-16)28-13-27-18/h2-8,11-12H,9-10,13H2,1H3,(H,22,26)(H,23,24,25). The Kier molecular flexibility index (Phi) is 5.05. The number of fused-ring (bicyclic) bond motifs is 1. The van der Waals surface area contributed by atoms with Crippen molar-refractivity contribution >= 4 is 17.5 Å². The van der Waals surface area contributed by atoms with Gasteiger partial charge in [0.2, 0.25) is 12.7 Å². The van der Waals surface area contributed by atoms with Gasteiger partial charge < -0.3 is 20.1 Å². The molecule has 1 aliphatic rings. The maximum atomic E-state index is 12.5. The summed E-state index contributed by atoms with van der Waals surface area (Å²) in [4.78, 5) is 21.2. The van der Waals surface area contributed by atoms with Crippen LogP contribution in [0.3, 0.4) is 0 Å². The molecule has 142 valence electrons. The van der Waals surface area contributed by atoms with Crippen molar-refractivity contribution in [2.24, 2.45) is 0 Å². The molecule has 28 heavy (non-hydrogen) atoms. The highest BCUT2D eigenvalue weighted by atomic mass is 16.7. The van der Waals surface area contributed by atoms with Gasteiger partial charge >= 0.3 is 0 Å². The van der Waals surface area contributed by atoms with Gasteiger partial charge in [-0.05, 0) is 37.1 Å². The average molecular weight is 376 g/mol. The maximum Gasteiger partial charge on any atom is 0.270 e. The van der Waals surface area contributed by atoms with Crippen molar-refractivity contribution in [2.75, 3.05) is 18.7 Å². The van der Waals surface area contributed by atoms with Gasteiger partial charge in [0.05, 0.1) is 0 Å². The highest BCUT2D eigenvalue weighted by Crippen LogP contribution is 2.34. The van der Waals surface area contributed by atoms with Crippen LogP contribution < -0.4 is 20.1 Å². The Hall–Kier alpha value is -3.61. The van der Waals surface area contributed by atoms with Crippen molar-refractivity contribution in [3.63, 3.8) is 0 Å². The summed E-state index contributed by atoms with van der Waals surface area (Å²) in [7, 11) is 0. The summed E-state index contributed by atoms with van der Waals surface area (Å²) in [6.45, 7) is 2.58. The zero-order chi connectivity index (χ0) is 19.3. The first-order chi connectivity index (χ1) is 13.7. The Labute approximate surface area is 162 Å². The van der Waals surface area contributed by atoms with Gasteiger partial charge in [-0.1, -0.05) is 30.3 Å². The molecular formula is C21H20N4O3. The lowest BCUT2D eigenvalue weighted by molar-refractivity contribution is 0.0949. The lowest BCUT2D eigenvalue weighted by atomic mass is 10.1. The van der Waals surface area contributed by atoms with Crippen molar-refractivity contribution in [1.82, 2.24) is 15.3 Å². The molecule has 0 saturated heterocycles.